The fraction of sp³-hybridized carbons (Fsp3) is 0.300. The third-order valence-electron chi connectivity index (χ3n) is 4.18. The quantitative estimate of drug-likeness (QED) is 0.614. The maximum absolute atomic E-state index is 12.5. The molecule has 0 aliphatic heterocycles. The van der Waals surface area contributed by atoms with E-state index in [4.69, 9.17) is 4.74 Å². The fourth-order valence-corrected chi connectivity index (χ4v) is 2.71. The summed E-state index contributed by atoms with van der Waals surface area (Å²) < 4.78 is 7.26. The second-order valence-electron chi connectivity index (χ2n) is 6.29. The number of ether oxygens (including phenoxy) is 1. The molecular weight excluding hydrogens is 342 g/mol. The van der Waals surface area contributed by atoms with Gasteiger partial charge in [-0.05, 0) is 71.8 Å². The number of rotatable bonds is 8. The SMILES string of the molecule is CCCCCOc1ccc(C(=O)Nc2ccc(-n3cnnn3)c(C)c2)cc1. The van der Waals surface area contributed by atoms with E-state index in [2.05, 4.69) is 27.8 Å². The molecule has 140 valence electrons. The summed E-state index contributed by atoms with van der Waals surface area (Å²) >= 11 is 0. The van der Waals surface area contributed by atoms with Crippen molar-refractivity contribution in [1.29, 1.82) is 0 Å². The number of hydrogen-bond acceptors (Lipinski definition) is 5. The average Bonchev–Trinajstić information content (AvgIpc) is 3.20. The molecule has 0 unspecified atom stereocenters. The summed E-state index contributed by atoms with van der Waals surface area (Å²) in [7, 11) is 0. The summed E-state index contributed by atoms with van der Waals surface area (Å²) in [6.07, 6.45) is 4.90. The molecule has 2 aromatic carbocycles. The van der Waals surface area contributed by atoms with Gasteiger partial charge in [-0.25, -0.2) is 4.68 Å². The van der Waals surface area contributed by atoms with E-state index in [1.807, 2.05) is 37.3 Å². The van der Waals surface area contributed by atoms with Crippen LogP contribution in [0.4, 0.5) is 5.69 Å². The number of hydrogen-bond donors (Lipinski definition) is 1. The number of anilines is 1. The first-order chi connectivity index (χ1) is 13.2. The van der Waals surface area contributed by atoms with Gasteiger partial charge in [-0.2, -0.15) is 0 Å². The van der Waals surface area contributed by atoms with Crippen molar-refractivity contribution in [2.45, 2.75) is 33.1 Å². The molecule has 7 nitrogen and oxygen atoms in total. The van der Waals surface area contributed by atoms with E-state index < -0.39 is 0 Å². The lowest BCUT2D eigenvalue weighted by Crippen LogP contribution is -2.12. The van der Waals surface area contributed by atoms with Gasteiger partial charge in [0.05, 0.1) is 12.3 Å². The molecule has 0 saturated carbocycles. The van der Waals surface area contributed by atoms with Crippen LogP contribution >= 0.6 is 0 Å². The number of nitrogens with zero attached hydrogens (tertiary/aromatic N) is 4. The molecule has 0 spiro atoms. The Morgan fingerprint density at radius 2 is 1.96 bits per heavy atom. The van der Waals surface area contributed by atoms with Gasteiger partial charge in [0, 0.05) is 11.3 Å². The van der Waals surface area contributed by atoms with Crippen LogP contribution in [0.3, 0.4) is 0 Å². The molecule has 3 aromatic rings. The van der Waals surface area contributed by atoms with Crippen LogP contribution < -0.4 is 10.1 Å². The monoisotopic (exact) mass is 365 g/mol. The number of benzene rings is 2. The van der Waals surface area contributed by atoms with E-state index in [1.165, 1.54) is 12.7 Å². The van der Waals surface area contributed by atoms with Gasteiger partial charge in [-0.3, -0.25) is 4.79 Å². The topological polar surface area (TPSA) is 81.9 Å². The van der Waals surface area contributed by atoms with Crippen molar-refractivity contribution in [2.75, 3.05) is 11.9 Å². The van der Waals surface area contributed by atoms with Crippen LogP contribution in [0.25, 0.3) is 5.69 Å². The molecule has 0 fully saturated rings. The Labute approximate surface area is 158 Å². The third-order valence-corrected chi connectivity index (χ3v) is 4.18. The standard InChI is InChI=1S/C20H23N5O2/c1-3-4-5-12-27-18-9-6-16(7-10-18)20(26)22-17-8-11-19(15(2)13-17)25-14-21-23-24-25/h6-11,13-14H,3-5,12H2,1-2H3,(H,22,26). The third kappa shape index (κ3) is 4.91. The number of nitrogens with one attached hydrogen (secondary N) is 1. The Morgan fingerprint density at radius 1 is 1.15 bits per heavy atom. The first-order valence-corrected chi connectivity index (χ1v) is 9.05. The zero-order chi connectivity index (χ0) is 19.1. The number of aromatic nitrogens is 4. The molecule has 0 aliphatic carbocycles. The summed E-state index contributed by atoms with van der Waals surface area (Å²) in [5.41, 5.74) is 3.12. The molecule has 7 heteroatoms. The van der Waals surface area contributed by atoms with Crippen LogP contribution in [0, 0.1) is 6.92 Å². The van der Waals surface area contributed by atoms with Gasteiger partial charge in [-0.15, -0.1) is 5.10 Å². The molecule has 0 atom stereocenters. The number of carbonyl (C=O) groups excluding carboxylic acids is 1. The number of amides is 1. The van der Waals surface area contributed by atoms with Crippen molar-refractivity contribution >= 4 is 11.6 Å². The molecule has 27 heavy (non-hydrogen) atoms. The summed E-state index contributed by atoms with van der Waals surface area (Å²) in [6, 6.07) is 12.8. The van der Waals surface area contributed by atoms with Crippen LogP contribution in [-0.4, -0.2) is 32.7 Å². The maximum atomic E-state index is 12.5. The highest BCUT2D eigenvalue weighted by atomic mass is 16.5. The molecule has 1 amide bonds. The fourth-order valence-electron chi connectivity index (χ4n) is 2.71. The van der Waals surface area contributed by atoms with E-state index in [-0.39, 0.29) is 5.91 Å². The molecule has 0 aliphatic rings. The molecule has 3 rings (SSSR count). The van der Waals surface area contributed by atoms with E-state index in [0.717, 1.165) is 29.8 Å². The number of carbonyl (C=O) groups is 1. The van der Waals surface area contributed by atoms with Crippen molar-refractivity contribution in [3.63, 3.8) is 0 Å². The van der Waals surface area contributed by atoms with Gasteiger partial charge in [0.1, 0.15) is 12.1 Å². The molecule has 0 saturated heterocycles. The van der Waals surface area contributed by atoms with E-state index in [9.17, 15) is 4.79 Å². The Bertz CT molecular complexity index is 876. The number of unbranched alkanes of at least 4 members (excludes halogenated alkanes) is 2. The second kappa shape index (κ2) is 8.93. The Hall–Kier alpha value is -3.22. The van der Waals surface area contributed by atoms with E-state index >= 15 is 0 Å². The predicted octanol–water partition coefficient (Wildman–Crippen LogP) is 3.79. The first kappa shape index (κ1) is 18.6. The molecular formula is C20H23N5O2. The first-order valence-electron chi connectivity index (χ1n) is 9.05. The highest BCUT2D eigenvalue weighted by molar-refractivity contribution is 6.04. The van der Waals surface area contributed by atoms with E-state index in [1.54, 1.807) is 16.8 Å². The highest BCUT2D eigenvalue weighted by Gasteiger charge is 2.09. The van der Waals surface area contributed by atoms with Crippen molar-refractivity contribution in [2.24, 2.45) is 0 Å². The number of aryl methyl sites for hydroxylation is 1. The van der Waals surface area contributed by atoms with Crippen LogP contribution in [0.5, 0.6) is 5.75 Å². The van der Waals surface area contributed by atoms with Crippen LogP contribution in [0.2, 0.25) is 0 Å². The van der Waals surface area contributed by atoms with Crippen LogP contribution in [-0.2, 0) is 0 Å². The molecule has 0 radical (unpaired) electrons. The lowest BCUT2D eigenvalue weighted by molar-refractivity contribution is 0.102. The predicted molar refractivity (Wildman–Crippen MR) is 103 cm³/mol. The van der Waals surface area contributed by atoms with Gasteiger partial charge in [0.2, 0.25) is 0 Å². The Balaban J connectivity index is 1.61. The maximum Gasteiger partial charge on any atom is 0.255 e. The number of tetrazole rings is 1. The second-order valence-corrected chi connectivity index (χ2v) is 6.29. The smallest absolute Gasteiger partial charge is 0.255 e. The minimum atomic E-state index is -0.165. The van der Waals surface area contributed by atoms with Crippen molar-refractivity contribution in [3.05, 3.63) is 59.9 Å². The Morgan fingerprint density at radius 3 is 2.63 bits per heavy atom. The van der Waals surface area contributed by atoms with Crippen LogP contribution in [0.15, 0.2) is 48.8 Å². The highest BCUT2D eigenvalue weighted by Crippen LogP contribution is 2.19. The van der Waals surface area contributed by atoms with Crippen molar-refractivity contribution in [3.8, 4) is 11.4 Å². The van der Waals surface area contributed by atoms with Gasteiger partial charge in [0.25, 0.3) is 5.91 Å². The van der Waals surface area contributed by atoms with Crippen molar-refractivity contribution in [1.82, 2.24) is 20.2 Å². The summed E-state index contributed by atoms with van der Waals surface area (Å²) in [5.74, 6) is 0.617. The molecule has 1 heterocycles. The van der Waals surface area contributed by atoms with E-state index in [0.29, 0.717) is 17.9 Å². The lowest BCUT2D eigenvalue weighted by atomic mass is 10.1. The lowest BCUT2D eigenvalue weighted by Gasteiger charge is -2.10. The minimum absolute atomic E-state index is 0.165. The summed E-state index contributed by atoms with van der Waals surface area (Å²) in [4.78, 5) is 12.5. The normalized spacial score (nSPS) is 10.6. The van der Waals surface area contributed by atoms with Gasteiger partial charge < -0.3 is 10.1 Å². The van der Waals surface area contributed by atoms with Gasteiger partial charge >= 0.3 is 0 Å². The largest absolute Gasteiger partial charge is 0.494 e. The zero-order valence-corrected chi connectivity index (χ0v) is 15.6. The molecule has 1 N–H and O–H groups in total. The molecule has 0 bridgehead atoms. The Kier molecular flexibility index (Phi) is 6.14. The van der Waals surface area contributed by atoms with Gasteiger partial charge in [0.15, 0.2) is 0 Å². The minimum Gasteiger partial charge on any atom is -0.494 e. The summed E-state index contributed by atoms with van der Waals surface area (Å²) in [6.45, 7) is 4.80. The van der Waals surface area contributed by atoms with Crippen LogP contribution in [0.1, 0.15) is 42.1 Å². The van der Waals surface area contributed by atoms with Gasteiger partial charge in [-0.1, -0.05) is 19.8 Å². The molecule has 1 aromatic heterocycles. The van der Waals surface area contributed by atoms with Crippen molar-refractivity contribution < 1.29 is 9.53 Å². The average molecular weight is 365 g/mol. The summed E-state index contributed by atoms with van der Waals surface area (Å²) in [5, 5.41) is 14.1. The zero-order valence-electron chi connectivity index (χ0n) is 15.6.